The molecule has 0 bridgehead atoms. The highest BCUT2D eigenvalue weighted by molar-refractivity contribution is 7.18. The van der Waals surface area contributed by atoms with Crippen LogP contribution in [0, 0.1) is 6.92 Å². The zero-order chi connectivity index (χ0) is 31.6. The number of piperazine rings is 1. The molecule has 1 saturated carbocycles. The van der Waals surface area contributed by atoms with Crippen LogP contribution in [0.3, 0.4) is 0 Å². The molecule has 234 valence electrons. The van der Waals surface area contributed by atoms with Crippen LogP contribution in [0.5, 0.6) is 0 Å². The predicted molar refractivity (Wildman–Crippen MR) is 156 cm³/mol. The number of hydrogen-bond acceptors (Lipinski definition) is 10. The summed E-state index contributed by atoms with van der Waals surface area (Å²) in [6.45, 7) is 5.04. The number of hydrogen-bond donors (Lipinski definition) is 1. The molecule has 1 aliphatic heterocycles. The Morgan fingerprint density at radius 3 is 2.41 bits per heavy atom. The molecule has 1 aromatic heterocycles. The van der Waals surface area contributed by atoms with Crippen LogP contribution < -0.4 is 10.4 Å². The smallest absolute Gasteiger partial charge is 0.380 e. The lowest BCUT2D eigenvalue weighted by atomic mass is 10.1. The van der Waals surface area contributed by atoms with E-state index >= 15 is 0 Å². The van der Waals surface area contributed by atoms with Gasteiger partial charge in [-0.2, -0.15) is 13.2 Å². The molecule has 0 spiro atoms. The molecular weight excluding hydrogens is 601 g/mol. The summed E-state index contributed by atoms with van der Waals surface area (Å²) in [6.07, 6.45) is -4.02. The molecule has 2 aliphatic rings. The Balaban J connectivity index is 1.45. The van der Waals surface area contributed by atoms with E-state index in [2.05, 4.69) is 30.2 Å². The molecule has 15 heteroatoms. The van der Waals surface area contributed by atoms with E-state index in [0.29, 0.717) is 29.0 Å². The van der Waals surface area contributed by atoms with Crippen molar-refractivity contribution in [2.24, 2.45) is 0 Å². The lowest BCUT2D eigenvalue weighted by Crippen LogP contribution is -2.54. The van der Waals surface area contributed by atoms with E-state index < -0.39 is 23.6 Å². The van der Waals surface area contributed by atoms with Crippen molar-refractivity contribution >= 4 is 39.9 Å². The van der Waals surface area contributed by atoms with Gasteiger partial charge < -0.3 is 19.8 Å². The number of alkyl halides is 3. The number of benzene rings is 2. The minimum Gasteiger partial charge on any atom is -0.380 e. The topological polar surface area (TPSA) is 117 Å². The first-order chi connectivity index (χ1) is 20.9. The summed E-state index contributed by atoms with van der Waals surface area (Å²) in [7, 11) is 3.49. The fraction of sp³-hybridized carbons (Fsp3) is 0.414. The fourth-order valence-corrected chi connectivity index (χ4v) is 5.90. The van der Waals surface area contributed by atoms with Crippen LogP contribution in [0.25, 0.3) is 10.6 Å². The number of halogens is 3. The molecule has 44 heavy (non-hydrogen) atoms. The molecule has 11 nitrogen and oxygen atoms in total. The second-order valence-corrected chi connectivity index (χ2v) is 11.7. The van der Waals surface area contributed by atoms with Crippen molar-refractivity contribution < 1.29 is 37.1 Å². The van der Waals surface area contributed by atoms with Gasteiger partial charge in [-0.05, 0) is 44.5 Å². The number of ether oxygens (including phenoxy) is 1. The highest BCUT2D eigenvalue weighted by Gasteiger charge is 2.55. The molecule has 2 aromatic carbocycles. The number of amides is 2. The van der Waals surface area contributed by atoms with Crippen LogP contribution >= 0.6 is 11.3 Å². The van der Waals surface area contributed by atoms with Gasteiger partial charge in [0.25, 0.3) is 11.0 Å². The van der Waals surface area contributed by atoms with Gasteiger partial charge >= 0.3 is 12.1 Å². The van der Waals surface area contributed by atoms with E-state index in [1.165, 1.54) is 25.3 Å². The summed E-state index contributed by atoms with van der Waals surface area (Å²) < 4.78 is 45.0. The molecule has 0 radical (unpaired) electrons. The minimum atomic E-state index is -5.38. The molecule has 1 aliphatic carbocycles. The van der Waals surface area contributed by atoms with Crippen molar-refractivity contribution in [3.8, 4) is 10.6 Å². The lowest BCUT2D eigenvalue weighted by Gasteiger charge is -2.37. The van der Waals surface area contributed by atoms with E-state index in [9.17, 15) is 27.6 Å². The van der Waals surface area contributed by atoms with E-state index in [1.807, 2.05) is 26.1 Å². The Morgan fingerprint density at radius 1 is 1.07 bits per heavy atom. The first kappa shape index (κ1) is 31.5. The number of methoxy groups -OCH3 is 1. The van der Waals surface area contributed by atoms with Gasteiger partial charge in [0.15, 0.2) is 0 Å². The van der Waals surface area contributed by atoms with Crippen molar-refractivity contribution in [2.75, 3.05) is 50.7 Å². The number of nitrogens with zero attached hydrogens (tertiary/aromatic N) is 5. The molecule has 5 rings (SSSR count). The van der Waals surface area contributed by atoms with Crippen LogP contribution in [0.4, 0.5) is 24.0 Å². The van der Waals surface area contributed by atoms with Gasteiger partial charge in [-0.3, -0.25) is 14.5 Å². The monoisotopic (exact) mass is 632 g/mol. The summed E-state index contributed by atoms with van der Waals surface area (Å²) in [6, 6.07) is 11.3. The third-order valence-corrected chi connectivity index (χ3v) is 8.64. The summed E-state index contributed by atoms with van der Waals surface area (Å²) in [5.41, 5.74) is 1.44. The largest absolute Gasteiger partial charge is 0.493 e. The molecule has 0 unspecified atom stereocenters. The quantitative estimate of drug-likeness (QED) is 0.367. The fourth-order valence-electron chi connectivity index (χ4n) is 5.02. The molecule has 1 saturated heterocycles. The highest BCUT2D eigenvalue weighted by Crippen LogP contribution is 2.43. The second-order valence-electron chi connectivity index (χ2n) is 10.8. The zero-order valence-corrected chi connectivity index (χ0v) is 25.1. The maximum atomic E-state index is 13.7. The van der Waals surface area contributed by atoms with E-state index in [-0.39, 0.29) is 34.0 Å². The molecule has 2 heterocycles. The maximum absolute atomic E-state index is 13.7. The Labute approximate surface area is 255 Å². The van der Waals surface area contributed by atoms with Crippen molar-refractivity contribution in [1.29, 1.82) is 0 Å². The van der Waals surface area contributed by atoms with E-state index in [1.54, 1.807) is 12.1 Å². The number of nitrogens with one attached hydrogen (secondary N) is 1. The van der Waals surface area contributed by atoms with Crippen LogP contribution in [0.2, 0.25) is 0 Å². The summed E-state index contributed by atoms with van der Waals surface area (Å²) >= 11 is 0.777. The summed E-state index contributed by atoms with van der Waals surface area (Å²) in [5.74, 6) is -3.96. The Hall–Kier alpha value is -3.92. The number of likely N-dealkylation sites (N-methyl/N-ethyl adjacent to an activating group) is 1. The average molecular weight is 633 g/mol. The van der Waals surface area contributed by atoms with Gasteiger partial charge in [-0.1, -0.05) is 41.7 Å². The van der Waals surface area contributed by atoms with Gasteiger partial charge in [0, 0.05) is 55.7 Å². The molecule has 2 amide bonds. The predicted octanol–water partition coefficient (Wildman–Crippen LogP) is 4.05. The van der Waals surface area contributed by atoms with Gasteiger partial charge in [0.1, 0.15) is 10.5 Å². The normalized spacial score (nSPS) is 16.8. The average Bonchev–Trinajstić information content (AvgIpc) is 3.67. The molecular formula is C29H31F3N6O5S. The van der Waals surface area contributed by atoms with Crippen molar-refractivity contribution in [3.05, 3.63) is 59.2 Å². The Kier molecular flexibility index (Phi) is 9.02. The molecule has 0 atom stereocenters. The molecule has 1 N–H and O–H groups in total. The third-order valence-electron chi connectivity index (χ3n) is 7.71. The number of rotatable bonds is 8. The number of carbonyl (C=O) groups excluding carboxylic acids is 3. The van der Waals surface area contributed by atoms with Crippen LogP contribution in [0.15, 0.2) is 42.5 Å². The number of aromatic nitrogens is 2. The van der Waals surface area contributed by atoms with Gasteiger partial charge in [-0.25, -0.2) is 4.79 Å². The highest BCUT2D eigenvalue weighted by atomic mass is 32.1. The summed E-state index contributed by atoms with van der Waals surface area (Å²) in [4.78, 5) is 48.0. The number of carbonyl (C=O) groups is 3. The standard InChI is InChI=1S/C29H31F3N6O5S/c1-18-6-4-5-7-21(18)23-34-35-27(44-23)38(43-26(41)29(30,31)32)24(39)19-8-9-20(17-42-3)22(16-19)33-25(40)28(10-11-28)37-14-12-36(2)13-15-37/h4-9,16H,10-15,17H2,1-3H3,(H,33,40). The molecule has 2 fully saturated rings. The SMILES string of the molecule is COCc1ccc(C(=O)N(OC(=O)C(F)(F)F)c2nnc(-c3ccccc3C)s2)cc1NC(=O)C1(N2CCN(C)CC2)CC1. The van der Waals surface area contributed by atoms with Gasteiger partial charge in [0.05, 0.1) is 6.61 Å². The van der Waals surface area contributed by atoms with E-state index in [0.717, 1.165) is 43.1 Å². The summed E-state index contributed by atoms with van der Waals surface area (Å²) in [5, 5.41) is 10.9. The van der Waals surface area contributed by atoms with Gasteiger partial charge in [-0.15, -0.1) is 15.3 Å². The Bertz CT molecular complexity index is 1550. The number of hydroxylamine groups is 1. The third kappa shape index (κ3) is 6.60. The van der Waals surface area contributed by atoms with Crippen molar-refractivity contribution in [2.45, 2.75) is 38.1 Å². The zero-order valence-electron chi connectivity index (χ0n) is 24.3. The van der Waals surface area contributed by atoms with Crippen molar-refractivity contribution in [3.63, 3.8) is 0 Å². The maximum Gasteiger partial charge on any atom is 0.493 e. The second kappa shape index (κ2) is 12.6. The number of aryl methyl sites for hydroxylation is 1. The first-order valence-electron chi connectivity index (χ1n) is 13.8. The van der Waals surface area contributed by atoms with Crippen LogP contribution in [-0.4, -0.2) is 89.8 Å². The van der Waals surface area contributed by atoms with Gasteiger partial charge in [0.2, 0.25) is 5.91 Å². The number of anilines is 2. The minimum absolute atomic E-state index is 0.0918. The Morgan fingerprint density at radius 2 is 1.77 bits per heavy atom. The van der Waals surface area contributed by atoms with Crippen LogP contribution in [-0.2, 0) is 25.8 Å². The lowest BCUT2D eigenvalue weighted by molar-refractivity contribution is -0.200. The first-order valence-corrected chi connectivity index (χ1v) is 14.6. The van der Waals surface area contributed by atoms with E-state index in [4.69, 9.17) is 4.74 Å². The van der Waals surface area contributed by atoms with Crippen molar-refractivity contribution in [1.82, 2.24) is 20.0 Å². The molecule has 3 aromatic rings. The van der Waals surface area contributed by atoms with Crippen LogP contribution in [0.1, 0.15) is 34.3 Å².